The molecule has 1 aliphatic rings. The summed E-state index contributed by atoms with van der Waals surface area (Å²) in [6.07, 6.45) is 4.81. The zero-order valence-corrected chi connectivity index (χ0v) is 10.9. The second-order valence-corrected chi connectivity index (χ2v) is 6.48. The van der Waals surface area contributed by atoms with Gasteiger partial charge >= 0.3 is 0 Å². The van der Waals surface area contributed by atoms with E-state index in [4.69, 9.17) is 4.42 Å². The molecule has 1 saturated heterocycles. The topological polar surface area (TPSA) is 79.6 Å². The van der Waals surface area contributed by atoms with Crippen LogP contribution in [-0.4, -0.2) is 44.5 Å². The van der Waals surface area contributed by atoms with Crippen LogP contribution in [0.4, 0.5) is 0 Å². The van der Waals surface area contributed by atoms with Gasteiger partial charge in [0.25, 0.3) is 5.91 Å². The van der Waals surface area contributed by atoms with Gasteiger partial charge in [-0.25, -0.2) is 12.7 Å². The van der Waals surface area contributed by atoms with E-state index < -0.39 is 10.0 Å². The van der Waals surface area contributed by atoms with Gasteiger partial charge in [-0.2, -0.15) is 0 Å². The van der Waals surface area contributed by atoms with Gasteiger partial charge in [0.2, 0.25) is 10.0 Å². The van der Waals surface area contributed by atoms with Crippen molar-refractivity contribution in [2.45, 2.75) is 6.42 Å². The molecule has 1 aromatic heterocycles. The van der Waals surface area contributed by atoms with E-state index in [1.165, 1.54) is 23.1 Å². The molecule has 0 saturated carbocycles. The van der Waals surface area contributed by atoms with Crippen molar-refractivity contribution >= 4 is 15.9 Å². The summed E-state index contributed by atoms with van der Waals surface area (Å²) in [7, 11) is -3.11. The summed E-state index contributed by atoms with van der Waals surface area (Å²) < 4.78 is 28.9. The molecule has 6 nitrogen and oxygen atoms in total. The summed E-state index contributed by atoms with van der Waals surface area (Å²) >= 11 is 0. The van der Waals surface area contributed by atoms with Gasteiger partial charge in [-0.15, -0.1) is 0 Å². The molecule has 0 bridgehead atoms. The van der Waals surface area contributed by atoms with Crippen molar-refractivity contribution in [3.05, 3.63) is 24.2 Å². The van der Waals surface area contributed by atoms with Crippen LogP contribution in [0, 0.1) is 5.92 Å². The third-order valence-corrected chi connectivity index (χ3v) is 4.32. The molecule has 100 valence electrons. The molecule has 18 heavy (non-hydrogen) atoms. The number of hydrogen-bond donors (Lipinski definition) is 1. The Morgan fingerprint density at radius 3 is 2.94 bits per heavy atom. The van der Waals surface area contributed by atoms with Crippen molar-refractivity contribution in [1.82, 2.24) is 9.62 Å². The summed E-state index contributed by atoms with van der Waals surface area (Å²) in [5.74, 6) is -0.0165. The molecule has 2 heterocycles. The van der Waals surface area contributed by atoms with Gasteiger partial charge in [0.15, 0.2) is 0 Å². The van der Waals surface area contributed by atoms with E-state index in [2.05, 4.69) is 5.32 Å². The number of furan rings is 1. The Labute approximate surface area is 106 Å². The van der Waals surface area contributed by atoms with Crippen molar-refractivity contribution < 1.29 is 17.6 Å². The largest absolute Gasteiger partial charge is 0.472 e. The average molecular weight is 272 g/mol. The van der Waals surface area contributed by atoms with E-state index in [0.717, 1.165) is 6.42 Å². The number of nitrogens with one attached hydrogen (secondary N) is 1. The highest BCUT2D eigenvalue weighted by atomic mass is 32.2. The highest BCUT2D eigenvalue weighted by Crippen LogP contribution is 2.18. The van der Waals surface area contributed by atoms with Crippen LogP contribution in [0.2, 0.25) is 0 Å². The van der Waals surface area contributed by atoms with Crippen molar-refractivity contribution in [2.24, 2.45) is 5.92 Å². The van der Waals surface area contributed by atoms with Crippen LogP contribution >= 0.6 is 0 Å². The highest BCUT2D eigenvalue weighted by Gasteiger charge is 2.28. The zero-order valence-electron chi connectivity index (χ0n) is 10.1. The predicted molar refractivity (Wildman–Crippen MR) is 65.6 cm³/mol. The van der Waals surface area contributed by atoms with Gasteiger partial charge in [0, 0.05) is 19.6 Å². The van der Waals surface area contributed by atoms with Gasteiger partial charge in [-0.1, -0.05) is 0 Å². The maximum absolute atomic E-state index is 11.6. The summed E-state index contributed by atoms with van der Waals surface area (Å²) in [5.41, 5.74) is 0.480. The van der Waals surface area contributed by atoms with Crippen molar-refractivity contribution in [2.75, 3.05) is 25.9 Å². The second kappa shape index (κ2) is 5.11. The maximum Gasteiger partial charge on any atom is 0.254 e. The van der Waals surface area contributed by atoms with Gasteiger partial charge in [-0.05, 0) is 18.4 Å². The minimum Gasteiger partial charge on any atom is -0.472 e. The second-order valence-electron chi connectivity index (χ2n) is 4.50. The summed E-state index contributed by atoms with van der Waals surface area (Å²) in [6, 6.07) is 1.59. The minimum atomic E-state index is -3.11. The van der Waals surface area contributed by atoms with Gasteiger partial charge in [-0.3, -0.25) is 4.79 Å². The van der Waals surface area contributed by atoms with Crippen molar-refractivity contribution in [1.29, 1.82) is 0 Å². The number of sulfonamides is 1. The quantitative estimate of drug-likeness (QED) is 0.854. The fourth-order valence-electron chi connectivity index (χ4n) is 2.00. The summed E-state index contributed by atoms with van der Waals surface area (Å²) in [5, 5.41) is 2.78. The smallest absolute Gasteiger partial charge is 0.254 e. The molecule has 0 aliphatic carbocycles. The minimum absolute atomic E-state index is 0.176. The Morgan fingerprint density at radius 2 is 2.39 bits per heavy atom. The Bertz CT molecular complexity index is 509. The van der Waals surface area contributed by atoms with E-state index in [1.54, 1.807) is 6.07 Å². The molecule has 1 fully saturated rings. The Balaban J connectivity index is 1.81. The lowest BCUT2D eigenvalue weighted by molar-refractivity contribution is 0.0947. The highest BCUT2D eigenvalue weighted by molar-refractivity contribution is 7.88. The lowest BCUT2D eigenvalue weighted by atomic mass is 10.1. The van der Waals surface area contributed by atoms with Crippen LogP contribution in [0.25, 0.3) is 0 Å². The fourth-order valence-corrected chi connectivity index (χ4v) is 2.92. The molecule has 1 unspecified atom stereocenters. The Morgan fingerprint density at radius 1 is 1.61 bits per heavy atom. The number of rotatable bonds is 4. The van der Waals surface area contributed by atoms with Crippen LogP contribution in [0.3, 0.4) is 0 Å². The monoisotopic (exact) mass is 272 g/mol. The Kier molecular flexibility index (Phi) is 3.72. The first kappa shape index (κ1) is 13.1. The number of hydrogen-bond acceptors (Lipinski definition) is 4. The van der Waals surface area contributed by atoms with Crippen LogP contribution in [0.15, 0.2) is 23.0 Å². The third-order valence-electron chi connectivity index (χ3n) is 3.05. The van der Waals surface area contributed by atoms with Crippen molar-refractivity contribution in [3.8, 4) is 0 Å². The number of amides is 1. The Hall–Kier alpha value is -1.34. The molecule has 0 radical (unpaired) electrons. The molecular weight excluding hydrogens is 256 g/mol. The first-order chi connectivity index (χ1) is 8.47. The third kappa shape index (κ3) is 3.11. The normalized spacial score (nSPS) is 21.1. The van der Waals surface area contributed by atoms with Gasteiger partial charge in [0.05, 0.1) is 18.1 Å². The number of nitrogens with zero attached hydrogens (tertiary/aromatic N) is 1. The molecule has 1 atom stereocenters. The van der Waals surface area contributed by atoms with Gasteiger partial charge in [0.1, 0.15) is 6.26 Å². The molecule has 0 spiro atoms. The van der Waals surface area contributed by atoms with E-state index in [0.29, 0.717) is 25.2 Å². The standard InChI is InChI=1S/C11H16N2O4S/c1-18(15,16)13-4-2-9(7-13)6-12-11(14)10-3-5-17-8-10/h3,5,8-9H,2,4,6-7H2,1H3,(H,12,14). The fraction of sp³-hybridized carbons (Fsp3) is 0.545. The van der Waals surface area contributed by atoms with Crippen LogP contribution < -0.4 is 5.32 Å². The van der Waals surface area contributed by atoms with E-state index in [1.807, 2.05) is 0 Å². The molecular formula is C11H16N2O4S. The predicted octanol–water partition coefficient (Wildman–Crippen LogP) is 0.291. The molecule has 7 heteroatoms. The van der Waals surface area contributed by atoms with E-state index >= 15 is 0 Å². The first-order valence-corrected chi connectivity index (χ1v) is 7.57. The molecule has 0 aromatic carbocycles. The van der Waals surface area contributed by atoms with Crippen LogP contribution in [-0.2, 0) is 10.0 Å². The first-order valence-electron chi connectivity index (χ1n) is 5.72. The van der Waals surface area contributed by atoms with Gasteiger partial charge < -0.3 is 9.73 Å². The molecule has 1 aliphatic heterocycles. The zero-order chi connectivity index (χ0) is 13.2. The summed E-state index contributed by atoms with van der Waals surface area (Å²) in [6.45, 7) is 1.49. The number of carbonyl (C=O) groups excluding carboxylic acids is 1. The molecule has 2 rings (SSSR count). The van der Waals surface area contributed by atoms with E-state index in [9.17, 15) is 13.2 Å². The lowest BCUT2D eigenvalue weighted by Gasteiger charge is -2.13. The SMILES string of the molecule is CS(=O)(=O)N1CCC(CNC(=O)c2ccoc2)C1. The molecule has 1 amide bonds. The lowest BCUT2D eigenvalue weighted by Crippen LogP contribution is -2.32. The summed E-state index contributed by atoms with van der Waals surface area (Å²) in [4.78, 5) is 11.6. The molecule has 1 aromatic rings. The molecule has 1 N–H and O–H groups in total. The number of carbonyl (C=O) groups is 1. The van der Waals surface area contributed by atoms with Crippen LogP contribution in [0.1, 0.15) is 16.8 Å². The maximum atomic E-state index is 11.6. The average Bonchev–Trinajstić information content (AvgIpc) is 2.96. The van der Waals surface area contributed by atoms with E-state index in [-0.39, 0.29) is 11.8 Å². The van der Waals surface area contributed by atoms with Crippen LogP contribution in [0.5, 0.6) is 0 Å². The van der Waals surface area contributed by atoms with Crippen molar-refractivity contribution in [3.63, 3.8) is 0 Å².